The molecule has 0 spiro atoms. The van der Waals surface area contributed by atoms with E-state index < -0.39 is 0 Å². The minimum Gasteiger partial charge on any atom is -0.341 e. The van der Waals surface area contributed by atoms with Gasteiger partial charge in [-0.1, -0.05) is 30.4 Å². The Hall–Kier alpha value is -2.09. The molecule has 0 saturated heterocycles. The predicted octanol–water partition coefficient (Wildman–Crippen LogP) is 3.22. The number of nitrogens with zero attached hydrogens (tertiary/aromatic N) is 2. The minimum atomic E-state index is 1.02. The zero-order chi connectivity index (χ0) is 11.0. The van der Waals surface area contributed by atoms with Crippen LogP contribution in [0.15, 0.2) is 65.3 Å². The van der Waals surface area contributed by atoms with Crippen LogP contribution in [0.1, 0.15) is 0 Å². The average Bonchev–Trinajstić information content (AvgIpc) is 2.55. The highest BCUT2D eigenvalue weighted by Crippen LogP contribution is 2.35. The van der Waals surface area contributed by atoms with Gasteiger partial charge in [0.2, 0.25) is 0 Å². The van der Waals surface area contributed by atoms with Crippen molar-refractivity contribution < 1.29 is 0 Å². The Bertz CT molecular complexity index is 548. The topological polar surface area (TPSA) is 15.6 Å². The molecule has 2 aliphatic rings. The van der Waals surface area contributed by atoms with E-state index in [9.17, 15) is 0 Å². The molecule has 1 aliphatic carbocycles. The molecular weight excluding hydrogens is 196 g/mol. The van der Waals surface area contributed by atoms with Crippen molar-refractivity contribution in [1.82, 2.24) is 0 Å². The van der Waals surface area contributed by atoms with E-state index in [4.69, 9.17) is 0 Å². The highest BCUT2D eigenvalue weighted by atomic mass is 15.2. The second-order valence-corrected chi connectivity index (χ2v) is 3.84. The Morgan fingerprint density at radius 1 is 1.06 bits per heavy atom. The van der Waals surface area contributed by atoms with Crippen molar-refractivity contribution in [3.05, 3.63) is 60.3 Å². The van der Waals surface area contributed by atoms with Crippen LogP contribution in [0.4, 0.5) is 11.4 Å². The van der Waals surface area contributed by atoms with Crippen molar-refractivity contribution in [3.63, 3.8) is 0 Å². The van der Waals surface area contributed by atoms with Crippen molar-refractivity contribution in [1.29, 1.82) is 0 Å². The number of hydrogen-bond acceptors (Lipinski definition) is 2. The predicted molar refractivity (Wildman–Crippen MR) is 68.3 cm³/mol. The molecule has 16 heavy (non-hydrogen) atoms. The average molecular weight is 208 g/mol. The van der Waals surface area contributed by atoms with Crippen LogP contribution in [-0.4, -0.2) is 12.8 Å². The molecule has 2 heteroatoms. The van der Waals surface area contributed by atoms with Crippen molar-refractivity contribution in [2.75, 3.05) is 11.9 Å². The highest BCUT2D eigenvalue weighted by molar-refractivity contribution is 6.14. The molecule has 2 nitrogen and oxygen atoms in total. The molecule has 0 unspecified atom stereocenters. The van der Waals surface area contributed by atoms with Gasteiger partial charge in [0.05, 0.1) is 22.8 Å². The first-order chi connectivity index (χ1) is 7.86. The largest absolute Gasteiger partial charge is 0.341 e. The summed E-state index contributed by atoms with van der Waals surface area (Å²) in [6, 6.07) is 8.19. The van der Waals surface area contributed by atoms with E-state index in [-0.39, 0.29) is 0 Å². The molecule has 0 saturated carbocycles. The van der Waals surface area contributed by atoms with Gasteiger partial charge in [0.15, 0.2) is 0 Å². The monoisotopic (exact) mass is 208 g/mol. The third kappa shape index (κ3) is 1.31. The molecule has 0 amide bonds. The van der Waals surface area contributed by atoms with E-state index in [1.165, 1.54) is 0 Å². The zero-order valence-corrected chi connectivity index (χ0v) is 9.09. The van der Waals surface area contributed by atoms with Crippen LogP contribution in [0.5, 0.6) is 0 Å². The number of para-hydroxylation sites is 2. The van der Waals surface area contributed by atoms with E-state index in [0.29, 0.717) is 0 Å². The summed E-state index contributed by atoms with van der Waals surface area (Å²) in [7, 11) is 2.08. The maximum absolute atomic E-state index is 4.66. The first kappa shape index (κ1) is 9.16. The van der Waals surface area contributed by atoms with Crippen LogP contribution in [0.25, 0.3) is 0 Å². The van der Waals surface area contributed by atoms with E-state index in [2.05, 4.69) is 29.1 Å². The normalized spacial score (nSPS) is 17.2. The highest BCUT2D eigenvalue weighted by Gasteiger charge is 2.19. The molecule has 1 aromatic carbocycles. The van der Waals surface area contributed by atoms with Crippen LogP contribution in [-0.2, 0) is 0 Å². The van der Waals surface area contributed by atoms with Crippen LogP contribution in [0.2, 0.25) is 0 Å². The van der Waals surface area contributed by atoms with Crippen LogP contribution < -0.4 is 4.90 Å². The Morgan fingerprint density at radius 3 is 2.88 bits per heavy atom. The summed E-state index contributed by atoms with van der Waals surface area (Å²) >= 11 is 0. The Labute approximate surface area is 94.9 Å². The lowest BCUT2D eigenvalue weighted by atomic mass is 10.1. The van der Waals surface area contributed by atoms with E-state index in [1.807, 2.05) is 42.5 Å². The molecule has 0 atom stereocenters. The first-order valence-electron chi connectivity index (χ1n) is 5.33. The van der Waals surface area contributed by atoms with Crippen molar-refractivity contribution >= 4 is 17.1 Å². The van der Waals surface area contributed by atoms with Crippen LogP contribution >= 0.6 is 0 Å². The quantitative estimate of drug-likeness (QED) is 0.639. The number of rotatable bonds is 0. The van der Waals surface area contributed by atoms with Gasteiger partial charge in [-0.3, -0.25) is 0 Å². The zero-order valence-electron chi connectivity index (χ0n) is 9.09. The summed E-state index contributed by atoms with van der Waals surface area (Å²) < 4.78 is 0. The molecule has 1 aromatic rings. The molecule has 0 bridgehead atoms. The maximum atomic E-state index is 4.66. The fourth-order valence-electron chi connectivity index (χ4n) is 2.01. The van der Waals surface area contributed by atoms with Gasteiger partial charge in [0.25, 0.3) is 0 Å². The lowest BCUT2D eigenvalue weighted by Gasteiger charge is -2.28. The van der Waals surface area contributed by atoms with Gasteiger partial charge >= 0.3 is 0 Å². The van der Waals surface area contributed by atoms with Gasteiger partial charge in [0.1, 0.15) is 0 Å². The van der Waals surface area contributed by atoms with Gasteiger partial charge < -0.3 is 4.90 Å². The number of anilines is 1. The van der Waals surface area contributed by atoms with Gasteiger partial charge in [-0.2, -0.15) is 0 Å². The Morgan fingerprint density at radius 2 is 1.94 bits per heavy atom. The van der Waals surface area contributed by atoms with Gasteiger partial charge in [-0.25, -0.2) is 4.99 Å². The smallest absolute Gasteiger partial charge is 0.0874 e. The van der Waals surface area contributed by atoms with Crippen LogP contribution in [0.3, 0.4) is 0 Å². The van der Waals surface area contributed by atoms with Crippen molar-refractivity contribution in [3.8, 4) is 0 Å². The summed E-state index contributed by atoms with van der Waals surface area (Å²) in [5.74, 6) is 0. The summed E-state index contributed by atoms with van der Waals surface area (Å²) in [4.78, 5) is 6.84. The number of aliphatic imine (C=N–C) groups is 1. The second kappa shape index (κ2) is 3.49. The molecule has 0 radical (unpaired) electrons. The Kier molecular flexibility index (Phi) is 2.00. The first-order valence-corrected chi connectivity index (χ1v) is 5.33. The van der Waals surface area contributed by atoms with Gasteiger partial charge in [-0.05, 0) is 24.3 Å². The Balaban J connectivity index is 2.23. The molecule has 0 N–H and O–H groups in total. The fraction of sp³-hybridized carbons (Fsp3) is 0.0714. The fourth-order valence-corrected chi connectivity index (χ4v) is 2.01. The maximum Gasteiger partial charge on any atom is 0.0874 e. The number of fused-ring (bicyclic) bond motifs is 2. The number of hydrogen-bond donors (Lipinski definition) is 0. The summed E-state index contributed by atoms with van der Waals surface area (Å²) in [5, 5.41) is 0. The van der Waals surface area contributed by atoms with Gasteiger partial charge in [-0.15, -0.1) is 0 Å². The van der Waals surface area contributed by atoms with E-state index in [0.717, 1.165) is 22.8 Å². The van der Waals surface area contributed by atoms with E-state index in [1.54, 1.807) is 0 Å². The molecule has 78 valence electrons. The molecule has 1 heterocycles. The summed E-state index contributed by atoms with van der Waals surface area (Å²) in [6.07, 6.45) is 10.2. The minimum absolute atomic E-state index is 1.02. The lowest BCUT2D eigenvalue weighted by Crippen LogP contribution is -2.24. The van der Waals surface area contributed by atoms with Crippen molar-refractivity contribution in [2.45, 2.75) is 0 Å². The summed E-state index contributed by atoms with van der Waals surface area (Å²) in [6.45, 7) is 0. The summed E-state index contributed by atoms with van der Waals surface area (Å²) in [5.41, 5.74) is 4.35. The van der Waals surface area contributed by atoms with E-state index >= 15 is 0 Å². The molecule has 0 fully saturated rings. The third-order valence-corrected chi connectivity index (χ3v) is 2.84. The number of allylic oxidation sites excluding steroid dienone is 5. The molecule has 0 aromatic heterocycles. The molecule has 3 rings (SSSR count). The third-order valence-electron chi connectivity index (χ3n) is 2.84. The van der Waals surface area contributed by atoms with Crippen molar-refractivity contribution in [2.24, 2.45) is 4.99 Å². The number of benzene rings is 1. The van der Waals surface area contributed by atoms with Gasteiger partial charge in [0, 0.05) is 7.05 Å². The molecule has 1 aliphatic heterocycles. The lowest BCUT2D eigenvalue weighted by molar-refractivity contribution is 1.13. The molecular formula is C14H12N2. The van der Waals surface area contributed by atoms with Crippen LogP contribution in [0, 0.1) is 0 Å². The second-order valence-electron chi connectivity index (χ2n) is 3.84. The standard InChI is InChI=1S/C14H12N2/c1-16-13-9-4-2-3-7-11(13)15-12-8-5-6-10-14(12)16/h2-10H,1H3. The SMILES string of the molecule is CN1C2=CC=CC=CC2=Nc2ccccc21.